The van der Waals surface area contributed by atoms with Crippen molar-refractivity contribution in [2.24, 2.45) is 0 Å². The molecule has 4 heterocycles. The van der Waals surface area contributed by atoms with Gasteiger partial charge in [0.05, 0.1) is 36.0 Å². The van der Waals surface area contributed by atoms with Gasteiger partial charge >= 0.3 is 0 Å². The summed E-state index contributed by atoms with van der Waals surface area (Å²) in [6.07, 6.45) is 5.43. The van der Waals surface area contributed by atoms with Crippen molar-refractivity contribution in [1.82, 2.24) is 9.88 Å². The smallest absolute Gasteiger partial charge is 0.254 e. The van der Waals surface area contributed by atoms with Gasteiger partial charge in [-0.2, -0.15) is 11.3 Å². The van der Waals surface area contributed by atoms with Crippen molar-refractivity contribution in [3.63, 3.8) is 0 Å². The van der Waals surface area contributed by atoms with Crippen LogP contribution in [0.15, 0.2) is 41.4 Å². The van der Waals surface area contributed by atoms with Crippen molar-refractivity contribution in [3.05, 3.63) is 46.9 Å². The summed E-state index contributed by atoms with van der Waals surface area (Å²) in [6.45, 7) is 2.14. The summed E-state index contributed by atoms with van der Waals surface area (Å²) in [7, 11) is 0. The molecule has 6 heteroatoms. The molecule has 23 heavy (non-hydrogen) atoms. The van der Waals surface area contributed by atoms with Gasteiger partial charge in [0.2, 0.25) is 0 Å². The largest absolute Gasteiger partial charge is 0.379 e. The Morgan fingerprint density at radius 3 is 3.22 bits per heavy atom. The van der Waals surface area contributed by atoms with Crippen LogP contribution in [0.25, 0.3) is 0 Å². The number of pyridine rings is 1. The van der Waals surface area contributed by atoms with Gasteiger partial charge in [-0.1, -0.05) is 0 Å². The number of rotatable bonds is 3. The maximum Gasteiger partial charge on any atom is 0.254 e. The van der Waals surface area contributed by atoms with Crippen molar-refractivity contribution in [2.45, 2.75) is 24.5 Å². The molecule has 0 bridgehead atoms. The molecule has 1 spiro atoms. The lowest BCUT2D eigenvalue weighted by atomic mass is 9.97. The van der Waals surface area contributed by atoms with Crippen LogP contribution in [-0.2, 0) is 4.74 Å². The second kappa shape index (κ2) is 5.94. The van der Waals surface area contributed by atoms with Gasteiger partial charge in [-0.3, -0.25) is 9.78 Å². The molecule has 0 saturated carbocycles. The Hall–Kier alpha value is -1.92. The molecule has 0 unspecified atom stereocenters. The predicted octanol–water partition coefficient (Wildman–Crippen LogP) is 2.63. The van der Waals surface area contributed by atoms with Crippen LogP contribution in [0.3, 0.4) is 0 Å². The summed E-state index contributed by atoms with van der Waals surface area (Å²) < 4.78 is 6.11. The van der Waals surface area contributed by atoms with Gasteiger partial charge in [0.15, 0.2) is 0 Å². The number of nitrogens with one attached hydrogen (secondary N) is 1. The van der Waals surface area contributed by atoms with E-state index in [4.69, 9.17) is 4.74 Å². The number of amides is 1. The van der Waals surface area contributed by atoms with Gasteiger partial charge in [-0.25, -0.2) is 0 Å². The Morgan fingerprint density at radius 2 is 2.43 bits per heavy atom. The maximum atomic E-state index is 12.5. The molecule has 2 saturated heterocycles. The van der Waals surface area contributed by atoms with E-state index in [1.807, 2.05) is 40.1 Å². The number of nitrogens with zero attached hydrogens (tertiary/aromatic N) is 2. The van der Waals surface area contributed by atoms with E-state index in [-0.39, 0.29) is 17.6 Å². The first-order valence-electron chi connectivity index (χ1n) is 7.86. The average Bonchev–Trinajstić information content (AvgIpc) is 3.31. The van der Waals surface area contributed by atoms with Gasteiger partial charge < -0.3 is 15.0 Å². The number of likely N-dealkylation sites (tertiary alicyclic amines) is 1. The molecule has 2 aromatic heterocycles. The fourth-order valence-electron chi connectivity index (χ4n) is 3.49. The summed E-state index contributed by atoms with van der Waals surface area (Å²) in [6, 6.07) is 6.10. The fourth-order valence-corrected chi connectivity index (χ4v) is 4.12. The van der Waals surface area contributed by atoms with Crippen molar-refractivity contribution in [1.29, 1.82) is 0 Å². The standard InChI is InChI=1S/C17H19N3O2S/c21-16(13-3-7-23-11-13)20-6-4-17(12-20)8-15(10-22-17)19-14-2-1-5-18-9-14/h1-3,5,7,9,11,15,19H,4,6,8,10,12H2/t15-,17-/m1/s1. The minimum Gasteiger partial charge on any atom is -0.379 e. The molecule has 2 fully saturated rings. The monoisotopic (exact) mass is 329 g/mol. The summed E-state index contributed by atoms with van der Waals surface area (Å²) in [5.41, 5.74) is 1.61. The Morgan fingerprint density at radius 1 is 1.48 bits per heavy atom. The first kappa shape index (κ1) is 14.7. The van der Waals surface area contributed by atoms with Crippen molar-refractivity contribution in [3.8, 4) is 0 Å². The first-order chi connectivity index (χ1) is 11.2. The van der Waals surface area contributed by atoms with Crippen LogP contribution < -0.4 is 5.32 Å². The number of thiophene rings is 1. The molecule has 2 aromatic rings. The van der Waals surface area contributed by atoms with E-state index in [1.165, 1.54) is 0 Å². The molecule has 5 nitrogen and oxygen atoms in total. The number of ether oxygens (including phenoxy) is 1. The highest BCUT2D eigenvalue weighted by Crippen LogP contribution is 2.36. The van der Waals surface area contributed by atoms with Gasteiger partial charge in [-0.15, -0.1) is 0 Å². The third-order valence-electron chi connectivity index (χ3n) is 4.61. The quantitative estimate of drug-likeness (QED) is 0.940. The van der Waals surface area contributed by atoms with Crippen molar-refractivity contribution in [2.75, 3.05) is 25.0 Å². The Balaban J connectivity index is 1.38. The van der Waals surface area contributed by atoms with Gasteiger partial charge in [0.1, 0.15) is 0 Å². The number of carbonyl (C=O) groups is 1. The lowest BCUT2D eigenvalue weighted by molar-refractivity contribution is 0.0125. The average molecular weight is 329 g/mol. The molecule has 1 N–H and O–H groups in total. The minimum atomic E-state index is -0.189. The second-order valence-electron chi connectivity index (χ2n) is 6.27. The normalized spacial score (nSPS) is 26.8. The topological polar surface area (TPSA) is 54.5 Å². The van der Waals surface area contributed by atoms with Crippen molar-refractivity contribution < 1.29 is 9.53 Å². The summed E-state index contributed by atoms with van der Waals surface area (Å²) in [5.74, 6) is 0.121. The molecule has 2 aliphatic heterocycles. The third-order valence-corrected chi connectivity index (χ3v) is 5.30. The van der Waals surface area contributed by atoms with E-state index in [0.717, 1.165) is 30.6 Å². The van der Waals surface area contributed by atoms with Gasteiger partial charge in [0.25, 0.3) is 5.91 Å². The highest BCUT2D eigenvalue weighted by molar-refractivity contribution is 7.08. The van der Waals surface area contributed by atoms with Gasteiger partial charge in [-0.05, 0) is 30.0 Å². The van der Waals surface area contributed by atoms with E-state index in [2.05, 4.69) is 10.3 Å². The van der Waals surface area contributed by atoms with Crippen LogP contribution in [0.2, 0.25) is 0 Å². The fraction of sp³-hybridized carbons (Fsp3) is 0.412. The lowest BCUT2D eigenvalue weighted by Gasteiger charge is -2.23. The molecular formula is C17H19N3O2S. The van der Waals surface area contributed by atoms with E-state index >= 15 is 0 Å². The molecule has 4 rings (SSSR count). The van der Waals surface area contributed by atoms with E-state index in [0.29, 0.717) is 13.2 Å². The maximum absolute atomic E-state index is 12.5. The van der Waals surface area contributed by atoms with Crippen molar-refractivity contribution >= 4 is 22.9 Å². The van der Waals surface area contributed by atoms with E-state index in [9.17, 15) is 4.79 Å². The minimum absolute atomic E-state index is 0.121. The lowest BCUT2D eigenvalue weighted by Crippen LogP contribution is -2.36. The van der Waals surface area contributed by atoms with Gasteiger partial charge in [0, 0.05) is 30.7 Å². The number of carbonyl (C=O) groups excluding carboxylic acids is 1. The van der Waals surface area contributed by atoms with Crippen LogP contribution in [0.1, 0.15) is 23.2 Å². The molecule has 2 aliphatic rings. The number of hydrogen-bond acceptors (Lipinski definition) is 5. The molecule has 1 amide bonds. The predicted molar refractivity (Wildman–Crippen MR) is 89.8 cm³/mol. The second-order valence-corrected chi connectivity index (χ2v) is 7.05. The third kappa shape index (κ3) is 2.96. The number of anilines is 1. The molecule has 0 aliphatic carbocycles. The van der Waals surface area contributed by atoms with Crippen LogP contribution in [0.4, 0.5) is 5.69 Å². The molecule has 0 radical (unpaired) electrons. The molecular weight excluding hydrogens is 310 g/mol. The Kier molecular flexibility index (Phi) is 3.79. The first-order valence-corrected chi connectivity index (χ1v) is 8.80. The SMILES string of the molecule is O=C(c1ccsc1)N1CC[C@@]2(C[C@@H](Nc3cccnc3)CO2)C1. The van der Waals surface area contributed by atoms with Crippen LogP contribution in [0.5, 0.6) is 0 Å². The Bertz CT molecular complexity index is 676. The summed E-state index contributed by atoms with van der Waals surface area (Å²) in [4.78, 5) is 18.5. The Labute approximate surface area is 139 Å². The molecule has 2 atom stereocenters. The zero-order valence-corrected chi connectivity index (χ0v) is 13.6. The molecule has 120 valence electrons. The highest BCUT2D eigenvalue weighted by atomic mass is 32.1. The van der Waals surface area contributed by atoms with Crippen LogP contribution >= 0.6 is 11.3 Å². The highest BCUT2D eigenvalue weighted by Gasteiger charge is 2.46. The van der Waals surface area contributed by atoms with Crippen LogP contribution in [0, 0.1) is 0 Å². The zero-order chi connectivity index (χ0) is 15.7. The zero-order valence-electron chi connectivity index (χ0n) is 12.8. The number of hydrogen-bond donors (Lipinski definition) is 1. The van der Waals surface area contributed by atoms with E-state index in [1.54, 1.807) is 17.5 Å². The number of aromatic nitrogens is 1. The summed E-state index contributed by atoms with van der Waals surface area (Å²) in [5, 5.41) is 7.33. The van der Waals surface area contributed by atoms with E-state index < -0.39 is 0 Å². The summed E-state index contributed by atoms with van der Waals surface area (Å²) >= 11 is 1.56. The molecule has 0 aromatic carbocycles. The van der Waals surface area contributed by atoms with Crippen LogP contribution in [-0.4, -0.2) is 47.1 Å².